The molecule has 114 valence electrons. The first-order chi connectivity index (χ1) is 10.1. The summed E-state index contributed by atoms with van der Waals surface area (Å²) >= 11 is 3.40. The standard InChI is InChI=1S/C14H17NO4S2/c16-12(17)7-9-8-15(3-4-19-9)14(18)13-10-1-5-20-11(10)2-6-21-13/h1,5,9,13H,2-4,6-8H2,(H,16,17)/t9-,13-/m1/s1. The fourth-order valence-corrected chi connectivity index (χ4v) is 5.13. The van der Waals surface area contributed by atoms with Crippen LogP contribution in [-0.2, 0) is 20.7 Å². The van der Waals surface area contributed by atoms with Crippen molar-refractivity contribution in [3.05, 3.63) is 21.9 Å². The molecule has 1 fully saturated rings. The molecular formula is C14H17NO4S2. The number of carbonyl (C=O) groups excluding carboxylic acids is 1. The van der Waals surface area contributed by atoms with Gasteiger partial charge in [-0.1, -0.05) is 0 Å². The second-order valence-electron chi connectivity index (χ2n) is 5.17. The van der Waals surface area contributed by atoms with Gasteiger partial charge in [0.1, 0.15) is 5.25 Å². The molecule has 7 heteroatoms. The van der Waals surface area contributed by atoms with Crippen LogP contribution in [0.3, 0.4) is 0 Å². The molecule has 21 heavy (non-hydrogen) atoms. The number of thiophene rings is 1. The minimum Gasteiger partial charge on any atom is -0.481 e. The summed E-state index contributed by atoms with van der Waals surface area (Å²) in [5.41, 5.74) is 1.14. The topological polar surface area (TPSA) is 66.8 Å². The Hall–Kier alpha value is -1.05. The van der Waals surface area contributed by atoms with Crippen LogP contribution >= 0.6 is 23.1 Å². The zero-order valence-corrected chi connectivity index (χ0v) is 13.1. The molecule has 2 aliphatic heterocycles. The van der Waals surface area contributed by atoms with E-state index in [-0.39, 0.29) is 17.6 Å². The number of aryl methyl sites for hydroxylation is 1. The van der Waals surface area contributed by atoms with Gasteiger partial charge >= 0.3 is 5.97 Å². The number of hydrogen-bond acceptors (Lipinski definition) is 5. The lowest BCUT2D eigenvalue weighted by molar-refractivity contribution is -0.147. The fourth-order valence-electron chi connectivity index (χ4n) is 2.75. The number of rotatable bonds is 3. The Morgan fingerprint density at radius 3 is 3.14 bits per heavy atom. The smallest absolute Gasteiger partial charge is 0.306 e. The Morgan fingerprint density at radius 2 is 2.33 bits per heavy atom. The van der Waals surface area contributed by atoms with Crippen LogP contribution in [-0.4, -0.2) is 53.4 Å². The van der Waals surface area contributed by atoms with E-state index in [1.165, 1.54) is 4.88 Å². The van der Waals surface area contributed by atoms with Crippen molar-refractivity contribution in [3.8, 4) is 0 Å². The van der Waals surface area contributed by atoms with Crippen LogP contribution in [0.25, 0.3) is 0 Å². The maximum absolute atomic E-state index is 12.8. The Morgan fingerprint density at radius 1 is 1.48 bits per heavy atom. The van der Waals surface area contributed by atoms with E-state index in [2.05, 4.69) is 0 Å². The second kappa shape index (κ2) is 6.37. The molecule has 3 heterocycles. The van der Waals surface area contributed by atoms with Crippen molar-refractivity contribution >= 4 is 35.0 Å². The monoisotopic (exact) mass is 327 g/mol. The molecule has 0 saturated carbocycles. The van der Waals surface area contributed by atoms with E-state index in [0.717, 1.165) is 17.7 Å². The molecule has 0 spiro atoms. The Labute approximate surface area is 131 Å². The van der Waals surface area contributed by atoms with Crippen LogP contribution in [0.2, 0.25) is 0 Å². The van der Waals surface area contributed by atoms with Gasteiger partial charge in [-0.2, -0.15) is 0 Å². The third kappa shape index (κ3) is 3.25. The number of hydrogen-bond donors (Lipinski definition) is 1. The van der Waals surface area contributed by atoms with Gasteiger partial charge in [0.2, 0.25) is 5.91 Å². The van der Waals surface area contributed by atoms with E-state index in [4.69, 9.17) is 9.84 Å². The van der Waals surface area contributed by atoms with Crippen molar-refractivity contribution in [3.63, 3.8) is 0 Å². The van der Waals surface area contributed by atoms with Crippen LogP contribution in [0.1, 0.15) is 22.1 Å². The van der Waals surface area contributed by atoms with Crippen LogP contribution in [0.5, 0.6) is 0 Å². The van der Waals surface area contributed by atoms with Crippen molar-refractivity contribution in [1.82, 2.24) is 4.90 Å². The van der Waals surface area contributed by atoms with E-state index < -0.39 is 12.1 Å². The Kier molecular flexibility index (Phi) is 4.51. The number of carboxylic acids is 1. The number of morpholine rings is 1. The molecule has 5 nitrogen and oxygen atoms in total. The molecule has 1 N–H and O–H groups in total. The van der Waals surface area contributed by atoms with Crippen LogP contribution in [0, 0.1) is 0 Å². The van der Waals surface area contributed by atoms with E-state index in [1.807, 2.05) is 11.4 Å². The van der Waals surface area contributed by atoms with E-state index in [0.29, 0.717) is 19.7 Å². The highest BCUT2D eigenvalue weighted by molar-refractivity contribution is 8.00. The van der Waals surface area contributed by atoms with E-state index in [1.54, 1.807) is 28.0 Å². The predicted octanol–water partition coefficient (Wildman–Crippen LogP) is 1.78. The molecule has 1 aromatic rings. The molecule has 0 bridgehead atoms. The van der Waals surface area contributed by atoms with Crippen molar-refractivity contribution in [2.45, 2.75) is 24.2 Å². The maximum atomic E-state index is 12.8. The summed E-state index contributed by atoms with van der Waals surface area (Å²) < 4.78 is 5.43. The molecule has 1 amide bonds. The zero-order chi connectivity index (χ0) is 14.8. The lowest BCUT2D eigenvalue weighted by atomic mass is 10.1. The summed E-state index contributed by atoms with van der Waals surface area (Å²) in [5.74, 6) is 0.173. The number of carbonyl (C=O) groups is 2. The lowest BCUT2D eigenvalue weighted by Crippen LogP contribution is -2.47. The number of thioether (sulfide) groups is 1. The summed E-state index contributed by atoms with van der Waals surface area (Å²) in [6, 6.07) is 2.05. The van der Waals surface area contributed by atoms with Crippen molar-refractivity contribution in [1.29, 1.82) is 0 Å². The SMILES string of the molecule is O=C(O)C[C@@H]1CN(C(=O)[C@@H]2SCCc3sccc32)CCO1. The van der Waals surface area contributed by atoms with Crippen molar-refractivity contribution in [2.24, 2.45) is 0 Å². The van der Waals surface area contributed by atoms with Gasteiger partial charge in [-0.25, -0.2) is 0 Å². The van der Waals surface area contributed by atoms with Gasteiger partial charge in [0.15, 0.2) is 0 Å². The highest BCUT2D eigenvalue weighted by Crippen LogP contribution is 2.40. The van der Waals surface area contributed by atoms with Gasteiger partial charge in [-0.3, -0.25) is 9.59 Å². The third-order valence-electron chi connectivity index (χ3n) is 3.75. The first-order valence-corrected chi connectivity index (χ1v) is 8.88. The largest absolute Gasteiger partial charge is 0.481 e. The average molecular weight is 327 g/mol. The molecule has 0 aromatic carbocycles. The minimum atomic E-state index is -0.888. The summed E-state index contributed by atoms with van der Waals surface area (Å²) in [6.07, 6.45) is 0.591. The zero-order valence-electron chi connectivity index (χ0n) is 11.5. The minimum absolute atomic E-state index is 0.0503. The summed E-state index contributed by atoms with van der Waals surface area (Å²) in [6.45, 7) is 1.34. The van der Waals surface area contributed by atoms with Crippen molar-refractivity contribution in [2.75, 3.05) is 25.4 Å². The summed E-state index contributed by atoms with van der Waals surface area (Å²) in [5, 5.41) is 10.8. The molecule has 1 saturated heterocycles. The molecule has 0 radical (unpaired) electrons. The number of carboxylic acid groups (broad SMARTS) is 1. The van der Waals surface area contributed by atoms with Crippen LogP contribution < -0.4 is 0 Å². The van der Waals surface area contributed by atoms with Gasteiger partial charge < -0.3 is 14.7 Å². The molecule has 2 aliphatic rings. The average Bonchev–Trinajstić information content (AvgIpc) is 2.94. The second-order valence-corrected chi connectivity index (χ2v) is 7.39. The molecular weight excluding hydrogens is 310 g/mol. The normalized spacial score (nSPS) is 25.4. The van der Waals surface area contributed by atoms with Gasteiger partial charge in [0.25, 0.3) is 0 Å². The van der Waals surface area contributed by atoms with Gasteiger partial charge in [-0.05, 0) is 29.2 Å². The quantitative estimate of drug-likeness (QED) is 0.917. The number of amides is 1. The van der Waals surface area contributed by atoms with Crippen molar-refractivity contribution < 1.29 is 19.4 Å². The maximum Gasteiger partial charge on any atom is 0.306 e. The van der Waals surface area contributed by atoms with E-state index >= 15 is 0 Å². The van der Waals surface area contributed by atoms with Crippen LogP contribution in [0.15, 0.2) is 11.4 Å². The van der Waals surface area contributed by atoms with Gasteiger partial charge in [0, 0.05) is 18.0 Å². The fraction of sp³-hybridized carbons (Fsp3) is 0.571. The number of aliphatic carboxylic acids is 1. The first-order valence-electron chi connectivity index (χ1n) is 6.95. The number of fused-ring (bicyclic) bond motifs is 1. The highest BCUT2D eigenvalue weighted by Gasteiger charge is 2.34. The lowest BCUT2D eigenvalue weighted by Gasteiger charge is -2.35. The Balaban J connectivity index is 1.70. The first kappa shape index (κ1) is 14.9. The highest BCUT2D eigenvalue weighted by atomic mass is 32.2. The summed E-state index contributed by atoms with van der Waals surface area (Å²) in [7, 11) is 0. The summed E-state index contributed by atoms with van der Waals surface area (Å²) in [4.78, 5) is 26.6. The van der Waals surface area contributed by atoms with Gasteiger partial charge in [-0.15, -0.1) is 23.1 Å². The molecule has 1 aromatic heterocycles. The van der Waals surface area contributed by atoms with Gasteiger partial charge in [0.05, 0.1) is 19.1 Å². The number of nitrogens with zero attached hydrogens (tertiary/aromatic N) is 1. The molecule has 3 rings (SSSR count). The van der Waals surface area contributed by atoms with E-state index in [9.17, 15) is 9.59 Å². The van der Waals surface area contributed by atoms with Crippen LogP contribution in [0.4, 0.5) is 0 Å². The predicted molar refractivity (Wildman–Crippen MR) is 81.8 cm³/mol. The molecule has 2 atom stereocenters. The number of ether oxygens (including phenoxy) is 1. The molecule has 0 unspecified atom stereocenters. The Bertz CT molecular complexity index is 545. The molecule has 0 aliphatic carbocycles. The third-order valence-corrected chi connectivity index (χ3v) is 5.98.